The van der Waals surface area contributed by atoms with E-state index in [9.17, 15) is 4.79 Å². The maximum absolute atomic E-state index is 11.8. The second-order valence-corrected chi connectivity index (χ2v) is 9.16. The molecule has 0 fully saturated rings. The lowest BCUT2D eigenvalue weighted by molar-refractivity contribution is 0.0600. The number of carbonyl (C=O) groups excluding carboxylic acids is 1. The molecular weight excluding hydrogens is 402 g/mol. The van der Waals surface area contributed by atoms with Crippen LogP contribution < -0.4 is 5.32 Å². The lowest BCUT2D eigenvalue weighted by atomic mass is 9.76. The molecule has 2 aliphatic rings. The van der Waals surface area contributed by atoms with Gasteiger partial charge in [-0.3, -0.25) is 0 Å². The monoisotopic (exact) mass is 427 g/mol. The zero-order chi connectivity index (χ0) is 21.2. The van der Waals surface area contributed by atoms with Gasteiger partial charge in [-0.15, -0.1) is 11.8 Å². The van der Waals surface area contributed by atoms with Crippen molar-refractivity contribution in [2.24, 2.45) is 5.92 Å². The van der Waals surface area contributed by atoms with Gasteiger partial charge in [0.1, 0.15) is 0 Å². The molecule has 0 spiro atoms. The number of benzene rings is 3. The van der Waals surface area contributed by atoms with Crippen LogP contribution in [0.25, 0.3) is 0 Å². The van der Waals surface area contributed by atoms with E-state index < -0.39 is 0 Å². The highest BCUT2D eigenvalue weighted by Gasteiger charge is 2.37. The number of hydrogen-bond donors (Lipinski definition) is 1. The van der Waals surface area contributed by atoms with Gasteiger partial charge in [0.15, 0.2) is 0 Å². The van der Waals surface area contributed by atoms with Crippen molar-refractivity contribution in [3.05, 3.63) is 107 Å². The summed E-state index contributed by atoms with van der Waals surface area (Å²) in [5, 5.41) is 3.79. The predicted molar refractivity (Wildman–Crippen MR) is 127 cm³/mol. The van der Waals surface area contributed by atoms with Crippen molar-refractivity contribution in [1.29, 1.82) is 0 Å². The van der Waals surface area contributed by atoms with E-state index in [1.807, 2.05) is 23.9 Å². The highest BCUT2D eigenvalue weighted by atomic mass is 32.2. The largest absolute Gasteiger partial charge is 0.465 e. The van der Waals surface area contributed by atoms with Crippen LogP contribution in [0.5, 0.6) is 0 Å². The first kappa shape index (κ1) is 20.0. The van der Waals surface area contributed by atoms with E-state index in [-0.39, 0.29) is 12.0 Å². The van der Waals surface area contributed by atoms with Crippen LogP contribution in [0.1, 0.15) is 45.4 Å². The number of nitrogens with one attached hydrogen (secondary N) is 1. The van der Waals surface area contributed by atoms with E-state index in [1.54, 1.807) is 0 Å². The first-order chi connectivity index (χ1) is 15.2. The van der Waals surface area contributed by atoms with Gasteiger partial charge in [0.05, 0.1) is 18.7 Å². The van der Waals surface area contributed by atoms with Gasteiger partial charge in [-0.25, -0.2) is 4.79 Å². The molecule has 0 amide bonds. The van der Waals surface area contributed by atoms with Gasteiger partial charge in [0, 0.05) is 22.3 Å². The fourth-order valence-corrected chi connectivity index (χ4v) is 5.55. The second-order valence-electron chi connectivity index (χ2n) is 8.11. The lowest BCUT2D eigenvalue weighted by Crippen LogP contribution is -2.29. The average Bonchev–Trinajstić information content (AvgIpc) is 3.33. The number of esters is 1. The second kappa shape index (κ2) is 8.64. The molecule has 0 radical (unpaired) electrons. The van der Waals surface area contributed by atoms with Crippen LogP contribution in [0.2, 0.25) is 0 Å². The summed E-state index contributed by atoms with van der Waals surface area (Å²) in [6.45, 7) is 0. The van der Waals surface area contributed by atoms with Crippen molar-refractivity contribution < 1.29 is 9.53 Å². The van der Waals surface area contributed by atoms with E-state index in [0.29, 0.717) is 17.4 Å². The summed E-state index contributed by atoms with van der Waals surface area (Å²) in [5.74, 6) is 1.57. The Morgan fingerprint density at radius 3 is 2.65 bits per heavy atom. The number of rotatable bonds is 5. The summed E-state index contributed by atoms with van der Waals surface area (Å²) in [7, 11) is 1.41. The predicted octanol–water partition coefficient (Wildman–Crippen LogP) is 6.59. The third-order valence-corrected chi connectivity index (χ3v) is 7.35. The zero-order valence-electron chi connectivity index (χ0n) is 17.5. The molecule has 0 saturated heterocycles. The molecule has 0 unspecified atom stereocenters. The first-order valence-corrected chi connectivity index (χ1v) is 11.6. The summed E-state index contributed by atoms with van der Waals surface area (Å²) >= 11 is 1.88. The average molecular weight is 428 g/mol. The molecule has 0 aromatic heterocycles. The third kappa shape index (κ3) is 4.00. The minimum absolute atomic E-state index is 0.226. The van der Waals surface area contributed by atoms with Crippen molar-refractivity contribution in [3.63, 3.8) is 0 Å². The number of hydrogen-bond acceptors (Lipinski definition) is 4. The summed E-state index contributed by atoms with van der Waals surface area (Å²) in [6, 6.07) is 25.4. The van der Waals surface area contributed by atoms with Crippen LogP contribution in [0, 0.1) is 5.92 Å². The smallest absolute Gasteiger partial charge is 0.337 e. The van der Waals surface area contributed by atoms with E-state index in [1.165, 1.54) is 34.4 Å². The van der Waals surface area contributed by atoms with Crippen molar-refractivity contribution >= 4 is 23.4 Å². The van der Waals surface area contributed by atoms with Crippen LogP contribution in [0.3, 0.4) is 0 Å². The number of ether oxygens (including phenoxy) is 1. The van der Waals surface area contributed by atoms with Crippen LogP contribution in [0.15, 0.2) is 89.8 Å². The third-order valence-electron chi connectivity index (χ3n) is 6.27. The molecule has 0 bridgehead atoms. The molecule has 3 atom stereocenters. The van der Waals surface area contributed by atoms with Crippen molar-refractivity contribution in [1.82, 2.24) is 0 Å². The molecule has 0 saturated carbocycles. The summed E-state index contributed by atoms with van der Waals surface area (Å²) in [4.78, 5) is 13.1. The lowest BCUT2D eigenvalue weighted by Gasteiger charge is -2.37. The zero-order valence-corrected chi connectivity index (χ0v) is 18.3. The molecule has 3 nitrogen and oxygen atoms in total. The summed E-state index contributed by atoms with van der Waals surface area (Å²) in [5.41, 5.74) is 5.76. The molecular formula is C27H25NO2S. The molecule has 1 heterocycles. The number of anilines is 1. The topological polar surface area (TPSA) is 38.3 Å². The highest BCUT2D eigenvalue weighted by molar-refractivity contribution is 7.98. The van der Waals surface area contributed by atoms with Crippen LogP contribution >= 0.6 is 11.8 Å². The normalized spacial score (nSPS) is 21.1. The van der Waals surface area contributed by atoms with Crippen LogP contribution in [-0.2, 0) is 10.5 Å². The molecule has 3 aromatic carbocycles. The van der Waals surface area contributed by atoms with Crippen LogP contribution in [-0.4, -0.2) is 13.1 Å². The molecule has 1 aliphatic heterocycles. The van der Waals surface area contributed by atoms with Gasteiger partial charge in [-0.2, -0.15) is 0 Å². The first-order valence-electron chi connectivity index (χ1n) is 10.6. The Hall–Kier alpha value is -2.98. The Labute approximate surface area is 187 Å². The van der Waals surface area contributed by atoms with E-state index in [4.69, 9.17) is 4.74 Å². The molecule has 1 N–H and O–H groups in total. The Balaban J connectivity index is 1.38. The Kier molecular flexibility index (Phi) is 5.56. The molecule has 156 valence electrons. The van der Waals surface area contributed by atoms with Gasteiger partial charge in [0.25, 0.3) is 0 Å². The minimum Gasteiger partial charge on any atom is -0.465 e. The van der Waals surface area contributed by atoms with Crippen LogP contribution in [0.4, 0.5) is 5.69 Å². The fraction of sp³-hybridized carbons (Fsp3) is 0.222. The molecule has 5 rings (SSSR count). The van der Waals surface area contributed by atoms with Gasteiger partial charge in [-0.05, 0) is 59.4 Å². The van der Waals surface area contributed by atoms with Gasteiger partial charge in [0.2, 0.25) is 0 Å². The van der Waals surface area contributed by atoms with E-state index >= 15 is 0 Å². The molecule has 1 aliphatic carbocycles. The maximum atomic E-state index is 11.8. The molecule has 4 heteroatoms. The summed E-state index contributed by atoms with van der Waals surface area (Å²) < 4.78 is 4.83. The van der Waals surface area contributed by atoms with Gasteiger partial charge >= 0.3 is 5.97 Å². The standard InChI is InChI=1S/C27H25NO2S/c1-30-27(29)20-13-11-19(12-14-20)26-23-9-5-8-22(23)24-16-18(10-15-25(24)28-26)17-31-21-6-3-2-4-7-21/h2-8,10-16,22-23,26,28H,9,17H2,1H3/t22-,23-,26+/m1/s1. The number of carbonyl (C=O) groups is 1. The van der Waals surface area contributed by atoms with Crippen molar-refractivity contribution in [2.75, 3.05) is 12.4 Å². The number of thioether (sulfide) groups is 1. The van der Waals surface area contributed by atoms with Crippen molar-refractivity contribution in [3.8, 4) is 0 Å². The molecule has 3 aromatic rings. The summed E-state index contributed by atoms with van der Waals surface area (Å²) in [6.07, 6.45) is 5.74. The number of allylic oxidation sites excluding steroid dienone is 2. The fourth-order valence-electron chi connectivity index (χ4n) is 4.69. The maximum Gasteiger partial charge on any atom is 0.337 e. The van der Waals surface area contributed by atoms with E-state index in [2.05, 4.69) is 78.1 Å². The Bertz CT molecular complexity index is 1110. The number of fused-ring (bicyclic) bond motifs is 3. The quantitative estimate of drug-likeness (QED) is 0.283. The van der Waals surface area contributed by atoms with Crippen molar-refractivity contribution in [2.45, 2.75) is 29.0 Å². The Morgan fingerprint density at radius 1 is 1.06 bits per heavy atom. The Morgan fingerprint density at radius 2 is 1.87 bits per heavy atom. The van der Waals surface area contributed by atoms with E-state index in [0.717, 1.165) is 12.2 Å². The highest BCUT2D eigenvalue weighted by Crippen LogP contribution is 2.50. The number of methoxy groups -OCH3 is 1. The van der Waals surface area contributed by atoms with Gasteiger partial charge < -0.3 is 10.1 Å². The SMILES string of the molecule is COC(=O)c1ccc([C@@H]2Nc3ccc(CSc4ccccc4)cc3[C@@H]3C=CC[C@H]32)cc1. The molecule has 31 heavy (non-hydrogen) atoms. The minimum atomic E-state index is -0.296. The van der Waals surface area contributed by atoms with Gasteiger partial charge in [-0.1, -0.05) is 54.6 Å².